The van der Waals surface area contributed by atoms with Gasteiger partial charge in [-0.05, 0) is 84.7 Å². The Kier molecular flexibility index (Phi) is 10.1. The molecule has 1 unspecified atom stereocenters. The predicted octanol–water partition coefficient (Wildman–Crippen LogP) is 3.60. The minimum Gasteiger partial charge on any atom is -0.443 e. The average molecular weight is 642 g/mol. The van der Waals surface area contributed by atoms with Gasteiger partial charge in [0.25, 0.3) is 5.91 Å². The molecule has 0 aliphatic carbocycles. The third kappa shape index (κ3) is 7.75. The maximum absolute atomic E-state index is 13.1. The molecule has 0 spiro atoms. The number of ether oxygens (including phenoxy) is 1. The summed E-state index contributed by atoms with van der Waals surface area (Å²) in [7, 11) is -0.00469. The van der Waals surface area contributed by atoms with E-state index in [-0.39, 0.29) is 34.1 Å². The van der Waals surface area contributed by atoms with E-state index in [2.05, 4.69) is 58.7 Å². The fourth-order valence-corrected chi connectivity index (χ4v) is 4.92. The van der Waals surface area contributed by atoms with Gasteiger partial charge in [-0.15, -0.1) is 0 Å². The molecule has 1 fully saturated rings. The number of amides is 2. The smallest absolute Gasteiger partial charge is 0.443 e. The molecular weight excluding hydrogens is 607 g/mol. The normalized spacial score (nSPS) is 15.9. The minimum absolute atomic E-state index is 0.0446. The van der Waals surface area contributed by atoms with Crippen LogP contribution in [0, 0.1) is 3.57 Å². The number of hydrogen-bond acceptors (Lipinski definition) is 6. The molecule has 8 nitrogen and oxygen atoms in total. The first-order valence-corrected chi connectivity index (χ1v) is 13.8. The lowest BCUT2D eigenvalue weighted by molar-refractivity contribution is -0.00426. The molecule has 1 heterocycles. The highest BCUT2D eigenvalue weighted by atomic mass is 127. The number of piperazine rings is 1. The molecular formula is C26H34BClIN3O5. The summed E-state index contributed by atoms with van der Waals surface area (Å²) in [5.41, 5.74) is 0.843. The Bertz CT molecular complexity index is 1100. The van der Waals surface area contributed by atoms with Crippen molar-refractivity contribution in [1.29, 1.82) is 0 Å². The SMILES string of the molecule is CCC1CN(c2ccc(I)cc2)CCN1C(=O)OC(C)(C)CCN(C)C(=O)c1ccc(B(O)O)cc1Cl. The van der Waals surface area contributed by atoms with Crippen molar-refractivity contribution in [3.05, 3.63) is 56.6 Å². The second-order valence-electron chi connectivity index (χ2n) is 9.90. The van der Waals surface area contributed by atoms with Gasteiger partial charge in [0.15, 0.2) is 0 Å². The highest BCUT2D eigenvalue weighted by Crippen LogP contribution is 2.25. The molecule has 0 bridgehead atoms. The zero-order chi connectivity index (χ0) is 27.3. The number of halogens is 2. The van der Waals surface area contributed by atoms with Gasteiger partial charge in [0.05, 0.1) is 16.6 Å². The van der Waals surface area contributed by atoms with Crippen LogP contribution in [0.25, 0.3) is 0 Å². The van der Waals surface area contributed by atoms with Gasteiger partial charge in [0.2, 0.25) is 0 Å². The van der Waals surface area contributed by atoms with E-state index in [1.807, 2.05) is 18.7 Å². The minimum atomic E-state index is -1.66. The van der Waals surface area contributed by atoms with E-state index in [4.69, 9.17) is 16.3 Å². The van der Waals surface area contributed by atoms with Crippen LogP contribution in [0.2, 0.25) is 5.02 Å². The summed E-state index contributed by atoms with van der Waals surface area (Å²) in [6.07, 6.45) is 0.917. The van der Waals surface area contributed by atoms with E-state index >= 15 is 0 Å². The standard InChI is InChI=1S/C26H34BClIN3O5/c1-5-20-17-31(21-9-7-19(29)8-10-21)14-15-32(20)25(34)37-26(2,3)12-13-30(4)24(33)22-11-6-18(27(35)36)16-23(22)28/h6-11,16,20,35-36H,5,12-15,17H2,1-4H3. The molecule has 2 aromatic carbocycles. The molecule has 1 aliphatic rings. The summed E-state index contributed by atoms with van der Waals surface area (Å²) >= 11 is 8.49. The third-order valence-electron chi connectivity index (χ3n) is 6.66. The number of rotatable bonds is 8. The molecule has 0 saturated carbocycles. The summed E-state index contributed by atoms with van der Waals surface area (Å²) in [5, 5.41) is 18.7. The van der Waals surface area contributed by atoms with E-state index < -0.39 is 12.7 Å². The molecule has 0 aromatic heterocycles. The first-order valence-electron chi connectivity index (χ1n) is 12.3. The van der Waals surface area contributed by atoms with E-state index in [9.17, 15) is 19.6 Å². The van der Waals surface area contributed by atoms with Crippen LogP contribution in [-0.2, 0) is 4.74 Å². The zero-order valence-electron chi connectivity index (χ0n) is 21.7. The Morgan fingerprint density at radius 2 is 1.86 bits per heavy atom. The number of carbonyl (C=O) groups is 2. The highest BCUT2D eigenvalue weighted by Gasteiger charge is 2.34. The van der Waals surface area contributed by atoms with Crippen molar-refractivity contribution >= 4 is 64.5 Å². The first kappa shape index (κ1) is 29.5. The summed E-state index contributed by atoms with van der Waals surface area (Å²) in [4.78, 5) is 31.7. The van der Waals surface area contributed by atoms with Crippen LogP contribution in [-0.4, -0.2) is 83.8 Å². The molecule has 1 saturated heterocycles. The molecule has 0 radical (unpaired) electrons. The summed E-state index contributed by atoms with van der Waals surface area (Å²) in [6.45, 7) is 8.17. The lowest BCUT2D eigenvalue weighted by Crippen LogP contribution is -2.56. The van der Waals surface area contributed by atoms with Crippen LogP contribution in [0.15, 0.2) is 42.5 Å². The summed E-state index contributed by atoms with van der Waals surface area (Å²) in [5.74, 6) is -0.302. The average Bonchev–Trinajstić information content (AvgIpc) is 2.86. The molecule has 200 valence electrons. The molecule has 11 heteroatoms. The highest BCUT2D eigenvalue weighted by molar-refractivity contribution is 14.1. The van der Waals surface area contributed by atoms with Crippen LogP contribution in [0.1, 0.15) is 44.0 Å². The molecule has 37 heavy (non-hydrogen) atoms. The number of hydrogen-bond donors (Lipinski definition) is 2. The lowest BCUT2D eigenvalue weighted by Gasteiger charge is -2.42. The molecule has 3 rings (SSSR count). The van der Waals surface area contributed by atoms with Crippen molar-refractivity contribution < 1.29 is 24.4 Å². The molecule has 2 aromatic rings. The van der Waals surface area contributed by atoms with Gasteiger partial charge in [0, 0.05) is 48.9 Å². The van der Waals surface area contributed by atoms with Crippen LogP contribution < -0.4 is 10.4 Å². The Morgan fingerprint density at radius 3 is 2.46 bits per heavy atom. The van der Waals surface area contributed by atoms with Crippen molar-refractivity contribution in [1.82, 2.24) is 9.80 Å². The lowest BCUT2D eigenvalue weighted by atomic mass is 9.80. The topological polar surface area (TPSA) is 93.6 Å². The van der Waals surface area contributed by atoms with Gasteiger partial charge in [-0.3, -0.25) is 4.79 Å². The van der Waals surface area contributed by atoms with Gasteiger partial charge in [-0.1, -0.05) is 24.6 Å². The first-order chi connectivity index (χ1) is 17.4. The maximum atomic E-state index is 13.1. The Hall–Kier alpha value is -2.02. The second kappa shape index (κ2) is 12.7. The van der Waals surface area contributed by atoms with E-state index in [0.29, 0.717) is 19.5 Å². The Morgan fingerprint density at radius 1 is 1.19 bits per heavy atom. The predicted molar refractivity (Wildman–Crippen MR) is 156 cm³/mol. The number of carbonyl (C=O) groups excluding carboxylic acids is 2. The quantitative estimate of drug-likeness (QED) is 0.338. The van der Waals surface area contributed by atoms with Gasteiger partial charge in [0.1, 0.15) is 5.60 Å². The second-order valence-corrected chi connectivity index (χ2v) is 11.5. The zero-order valence-corrected chi connectivity index (χ0v) is 24.6. The van der Waals surface area contributed by atoms with Crippen molar-refractivity contribution in [2.24, 2.45) is 0 Å². The number of nitrogens with zero attached hydrogens (tertiary/aromatic N) is 3. The summed E-state index contributed by atoms with van der Waals surface area (Å²) in [6, 6.07) is 12.7. The number of anilines is 1. The largest absolute Gasteiger partial charge is 0.488 e. The Balaban J connectivity index is 1.56. The van der Waals surface area contributed by atoms with Gasteiger partial charge >= 0.3 is 13.2 Å². The van der Waals surface area contributed by atoms with E-state index in [1.54, 1.807) is 7.05 Å². The monoisotopic (exact) mass is 641 g/mol. The van der Waals surface area contributed by atoms with Crippen molar-refractivity contribution in [3.8, 4) is 0 Å². The Labute approximate surface area is 237 Å². The van der Waals surface area contributed by atoms with Crippen molar-refractivity contribution in [3.63, 3.8) is 0 Å². The molecule has 1 atom stereocenters. The van der Waals surface area contributed by atoms with Crippen molar-refractivity contribution in [2.45, 2.75) is 45.3 Å². The molecule has 2 amide bonds. The van der Waals surface area contributed by atoms with Gasteiger partial charge in [-0.2, -0.15) is 0 Å². The summed E-state index contributed by atoms with van der Waals surface area (Å²) < 4.78 is 7.10. The van der Waals surface area contributed by atoms with Gasteiger partial charge < -0.3 is 29.5 Å². The van der Waals surface area contributed by atoms with Gasteiger partial charge in [-0.25, -0.2) is 4.79 Å². The van der Waals surface area contributed by atoms with Crippen LogP contribution in [0.5, 0.6) is 0 Å². The fourth-order valence-electron chi connectivity index (χ4n) is 4.29. The maximum Gasteiger partial charge on any atom is 0.488 e. The van der Waals surface area contributed by atoms with Crippen LogP contribution in [0.4, 0.5) is 10.5 Å². The van der Waals surface area contributed by atoms with Crippen molar-refractivity contribution in [2.75, 3.05) is 38.1 Å². The fraction of sp³-hybridized carbons (Fsp3) is 0.462. The molecule has 2 N–H and O–H groups in total. The number of benzene rings is 2. The van der Waals surface area contributed by atoms with Crippen LogP contribution >= 0.6 is 34.2 Å². The third-order valence-corrected chi connectivity index (χ3v) is 7.69. The molecule has 1 aliphatic heterocycles. The van der Waals surface area contributed by atoms with E-state index in [1.165, 1.54) is 26.7 Å². The van der Waals surface area contributed by atoms with E-state index in [0.717, 1.165) is 25.2 Å². The van der Waals surface area contributed by atoms with Crippen LogP contribution in [0.3, 0.4) is 0 Å².